The van der Waals surface area contributed by atoms with E-state index in [1.807, 2.05) is 54.6 Å². The average Bonchev–Trinajstić information content (AvgIpc) is 3.40. The molecule has 0 aliphatic rings. The number of hydrogen-bond acceptors (Lipinski definition) is 8. The number of anilines is 1. The van der Waals surface area contributed by atoms with Crippen LogP contribution in [0.3, 0.4) is 0 Å². The van der Waals surface area contributed by atoms with Gasteiger partial charge in [0, 0.05) is 18.7 Å². The van der Waals surface area contributed by atoms with Crippen molar-refractivity contribution in [1.82, 2.24) is 20.8 Å². The Morgan fingerprint density at radius 3 is 2.18 bits per heavy atom. The minimum Gasteiger partial charge on any atom is -0.402 e. The highest BCUT2D eigenvalue weighted by molar-refractivity contribution is 7.15. The van der Waals surface area contributed by atoms with E-state index in [-0.39, 0.29) is 48.2 Å². The van der Waals surface area contributed by atoms with Crippen LogP contribution in [-0.4, -0.2) is 34.5 Å². The Balaban J connectivity index is 1.36. The number of aryl methyl sites for hydroxylation is 1. The Morgan fingerprint density at radius 1 is 0.818 bits per heavy atom. The monoisotopic (exact) mass is 617 g/mol. The first-order valence-electron chi connectivity index (χ1n) is 14.7. The van der Waals surface area contributed by atoms with Crippen LogP contribution in [-0.2, 0) is 40.1 Å². The first-order chi connectivity index (χ1) is 20.9. The summed E-state index contributed by atoms with van der Waals surface area (Å²) in [7, 11) is 0. The smallest absolute Gasteiger partial charge is 0.230 e. The van der Waals surface area contributed by atoms with Crippen molar-refractivity contribution in [2.24, 2.45) is 16.9 Å². The molecule has 0 fully saturated rings. The number of carbonyl (C=O) groups excluding carboxylic acids is 3. The highest BCUT2D eigenvalue weighted by Gasteiger charge is 2.13. The van der Waals surface area contributed by atoms with Gasteiger partial charge in [0.15, 0.2) is 0 Å². The molecule has 0 saturated heterocycles. The topological polar surface area (TPSA) is 165 Å². The lowest BCUT2D eigenvalue weighted by Gasteiger charge is -2.18. The second-order valence-corrected chi connectivity index (χ2v) is 12.9. The summed E-state index contributed by atoms with van der Waals surface area (Å²) < 4.78 is 0. The van der Waals surface area contributed by atoms with Crippen molar-refractivity contribution in [2.45, 2.75) is 65.7 Å². The summed E-state index contributed by atoms with van der Waals surface area (Å²) in [5.74, 6) is -0.178. The maximum Gasteiger partial charge on any atom is 0.230 e. The fourth-order valence-corrected chi connectivity index (χ4v) is 4.93. The van der Waals surface area contributed by atoms with Crippen LogP contribution >= 0.6 is 11.3 Å². The summed E-state index contributed by atoms with van der Waals surface area (Å²) in [5, 5.41) is 18.0. The number of allylic oxidation sites excluding steroid dienone is 3. The fraction of sp³-hybridized carbons (Fsp3) is 0.364. The van der Waals surface area contributed by atoms with Crippen LogP contribution in [0.2, 0.25) is 0 Å². The summed E-state index contributed by atoms with van der Waals surface area (Å²) in [6, 6.07) is 16.9. The summed E-state index contributed by atoms with van der Waals surface area (Å²) in [6.07, 6.45) is 7.06. The molecule has 7 N–H and O–H groups in total. The van der Waals surface area contributed by atoms with Crippen molar-refractivity contribution in [3.63, 3.8) is 0 Å². The van der Waals surface area contributed by atoms with Gasteiger partial charge in [-0.3, -0.25) is 14.4 Å². The van der Waals surface area contributed by atoms with Crippen molar-refractivity contribution >= 4 is 34.2 Å². The van der Waals surface area contributed by atoms with Gasteiger partial charge in [0.1, 0.15) is 10.8 Å². The number of unbranched alkanes of at least 4 members (excludes halogenated alkanes) is 1. The van der Waals surface area contributed by atoms with Crippen molar-refractivity contribution < 1.29 is 14.4 Å². The van der Waals surface area contributed by atoms with Gasteiger partial charge in [0.2, 0.25) is 22.9 Å². The molecule has 0 bridgehead atoms. The molecule has 0 atom stereocenters. The molecule has 0 aliphatic heterocycles. The largest absolute Gasteiger partial charge is 0.402 e. The number of amides is 3. The number of hydrogen-bond donors (Lipinski definition) is 5. The molecule has 1 heterocycles. The lowest BCUT2D eigenvalue weighted by Crippen LogP contribution is -2.33. The van der Waals surface area contributed by atoms with Gasteiger partial charge >= 0.3 is 0 Å². The maximum atomic E-state index is 12.6. The Morgan fingerprint density at radius 2 is 1.48 bits per heavy atom. The van der Waals surface area contributed by atoms with Crippen LogP contribution in [0, 0.1) is 5.41 Å². The van der Waals surface area contributed by atoms with Gasteiger partial charge in [0.25, 0.3) is 0 Å². The lowest BCUT2D eigenvalue weighted by molar-refractivity contribution is -0.121. The van der Waals surface area contributed by atoms with E-state index in [1.54, 1.807) is 12.2 Å². The summed E-state index contributed by atoms with van der Waals surface area (Å²) in [5.41, 5.74) is 15.3. The van der Waals surface area contributed by atoms with Crippen LogP contribution in [0.25, 0.3) is 0 Å². The third-order valence-electron chi connectivity index (χ3n) is 6.32. The number of carbonyl (C=O) groups is 3. The molecule has 3 amide bonds. The summed E-state index contributed by atoms with van der Waals surface area (Å²) in [6.45, 7) is 6.81. The lowest BCUT2D eigenvalue weighted by atomic mass is 9.97. The van der Waals surface area contributed by atoms with Crippen molar-refractivity contribution in [1.29, 1.82) is 0 Å². The molecule has 0 unspecified atom stereocenters. The van der Waals surface area contributed by atoms with Crippen LogP contribution in [0.5, 0.6) is 0 Å². The molecule has 0 saturated carbocycles. The molecule has 44 heavy (non-hydrogen) atoms. The molecule has 10 nitrogen and oxygen atoms in total. The van der Waals surface area contributed by atoms with E-state index in [0.29, 0.717) is 30.2 Å². The minimum absolute atomic E-state index is 0.0180. The van der Waals surface area contributed by atoms with E-state index in [0.717, 1.165) is 34.5 Å². The van der Waals surface area contributed by atoms with Gasteiger partial charge in [-0.05, 0) is 53.5 Å². The zero-order valence-electron chi connectivity index (χ0n) is 25.7. The standard InChI is InChI=1S/C33H43N7O3S/c1-33(2,3)22-36-28(41)20-24-12-9-13-25(18-24)21-30(43)38-32-40-39-31(44-32)15-8-7-14-26(34)16-17-27(35)37-29(42)19-23-10-5-4-6-11-23/h4-6,9-13,16-18H,7-8,14-15,19-22,34-35H2,1-3H3,(H,36,41)(H,37,42)(H,38,40,43)/b26-16-,27-17+. The van der Waals surface area contributed by atoms with Gasteiger partial charge < -0.3 is 27.4 Å². The molecular formula is C33H43N7O3S. The second kappa shape index (κ2) is 17.0. The number of nitrogens with zero attached hydrogens (tertiary/aromatic N) is 2. The molecule has 1 aromatic heterocycles. The van der Waals surface area contributed by atoms with Crippen LogP contribution < -0.4 is 27.4 Å². The molecule has 3 aromatic rings. The van der Waals surface area contributed by atoms with Gasteiger partial charge in [-0.25, -0.2) is 0 Å². The predicted octanol–water partition coefficient (Wildman–Crippen LogP) is 4.14. The van der Waals surface area contributed by atoms with Crippen LogP contribution in [0.15, 0.2) is 78.3 Å². The van der Waals surface area contributed by atoms with E-state index in [1.165, 1.54) is 11.3 Å². The molecule has 11 heteroatoms. The normalized spacial score (nSPS) is 12.1. The first kappa shape index (κ1) is 34.0. The maximum absolute atomic E-state index is 12.6. The number of nitrogens with two attached hydrogens (primary N) is 2. The Kier molecular flexibility index (Phi) is 13.1. The van der Waals surface area contributed by atoms with E-state index >= 15 is 0 Å². The molecule has 0 aliphatic carbocycles. The highest BCUT2D eigenvalue weighted by Crippen LogP contribution is 2.19. The first-order valence-corrected chi connectivity index (χ1v) is 15.5. The second-order valence-electron chi connectivity index (χ2n) is 11.8. The van der Waals surface area contributed by atoms with Gasteiger partial charge in [-0.2, -0.15) is 0 Å². The van der Waals surface area contributed by atoms with E-state index in [2.05, 4.69) is 46.9 Å². The Bertz CT molecular complexity index is 1460. The molecule has 0 radical (unpaired) electrons. The quantitative estimate of drug-likeness (QED) is 0.126. The highest BCUT2D eigenvalue weighted by atomic mass is 32.1. The molecule has 234 valence electrons. The van der Waals surface area contributed by atoms with Crippen LogP contribution in [0.1, 0.15) is 61.7 Å². The third-order valence-corrected chi connectivity index (χ3v) is 7.22. The van der Waals surface area contributed by atoms with Crippen molar-refractivity contribution in [2.75, 3.05) is 11.9 Å². The van der Waals surface area contributed by atoms with Crippen LogP contribution in [0.4, 0.5) is 5.13 Å². The van der Waals surface area contributed by atoms with E-state index in [9.17, 15) is 14.4 Å². The summed E-state index contributed by atoms with van der Waals surface area (Å²) >= 11 is 1.35. The van der Waals surface area contributed by atoms with Gasteiger partial charge in [-0.15, -0.1) is 10.2 Å². The number of benzene rings is 2. The van der Waals surface area contributed by atoms with Crippen molar-refractivity contribution in [3.05, 3.63) is 100.0 Å². The molecule has 3 rings (SSSR count). The number of rotatable bonds is 15. The van der Waals surface area contributed by atoms with E-state index < -0.39 is 0 Å². The Hall–Kier alpha value is -4.51. The average molecular weight is 618 g/mol. The fourth-order valence-electron chi connectivity index (χ4n) is 4.13. The Labute approximate surface area is 263 Å². The summed E-state index contributed by atoms with van der Waals surface area (Å²) in [4.78, 5) is 37.0. The zero-order valence-corrected chi connectivity index (χ0v) is 26.5. The molecule has 2 aromatic carbocycles. The van der Waals surface area contributed by atoms with Crippen molar-refractivity contribution in [3.8, 4) is 0 Å². The zero-order chi connectivity index (χ0) is 32.0. The van der Waals surface area contributed by atoms with Gasteiger partial charge in [0.05, 0.1) is 19.3 Å². The molecule has 0 spiro atoms. The molecular weight excluding hydrogens is 574 g/mol. The number of nitrogens with one attached hydrogen (secondary N) is 3. The minimum atomic E-state index is -0.191. The third kappa shape index (κ3) is 13.6. The SMILES string of the molecule is CC(C)(C)CNC(=O)Cc1cccc(CC(=O)Nc2nnc(CCCC/C(N)=C/C=C(\N)NC(=O)Cc3ccccc3)s2)c1. The van der Waals surface area contributed by atoms with E-state index in [4.69, 9.17) is 11.5 Å². The number of aromatic nitrogens is 2. The predicted molar refractivity (Wildman–Crippen MR) is 175 cm³/mol. The van der Waals surface area contributed by atoms with Gasteiger partial charge in [-0.1, -0.05) is 86.7 Å².